The Balaban J connectivity index is 0.00000312. The van der Waals surface area contributed by atoms with Gasteiger partial charge in [0.05, 0.1) is 0 Å². The van der Waals surface area contributed by atoms with E-state index >= 15 is 0 Å². The first kappa shape index (κ1) is 22.8. The largest absolute Gasteiger partial charge is 0.411 e. The van der Waals surface area contributed by atoms with Crippen LogP contribution in [0.1, 0.15) is 38.5 Å². The Morgan fingerprint density at radius 1 is 1.24 bits per heavy atom. The van der Waals surface area contributed by atoms with Gasteiger partial charge < -0.3 is 15.4 Å². The number of alkyl halides is 3. The highest BCUT2D eigenvalue weighted by atomic mass is 127. The van der Waals surface area contributed by atoms with E-state index in [-0.39, 0.29) is 30.6 Å². The molecule has 1 atom stereocenters. The number of hydrogen-bond acceptors (Lipinski definition) is 3. The van der Waals surface area contributed by atoms with Crippen molar-refractivity contribution in [2.24, 2.45) is 4.99 Å². The van der Waals surface area contributed by atoms with E-state index in [1.54, 1.807) is 7.05 Å². The van der Waals surface area contributed by atoms with Crippen molar-refractivity contribution < 1.29 is 17.9 Å². The number of nitrogens with one attached hydrogen (secondary N) is 2. The maximum atomic E-state index is 11.9. The van der Waals surface area contributed by atoms with Crippen molar-refractivity contribution in [1.29, 1.82) is 0 Å². The summed E-state index contributed by atoms with van der Waals surface area (Å²) >= 11 is 0. The Hall–Kier alpha value is -0.290. The number of halogens is 4. The fraction of sp³-hybridized carbons (Fsp3) is 0.938. The van der Waals surface area contributed by atoms with E-state index in [2.05, 4.69) is 25.3 Å². The van der Waals surface area contributed by atoms with Gasteiger partial charge in [0.2, 0.25) is 0 Å². The van der Waals surface area contributed by atoms with Crippen LogP contribution in [-0.2, 0) is 4.74 Å². The van der Waals surface area contributed by atoms with Crippen molar-refractivity contribution >= 4 is 29.9 Å². The van der Waals surface area contributed by atoms with Gasteiger partial charge in [-0.05, 0) is 25.7 Å². The lowest BCUT2D eigenvalue weighted by Gasteiger charge is -2.24. The number of ether oxygens (including phenoxy) is 1. The smallest absolute Gasteiger partial charge is 0.372 e. The molecule has 0 amide bonds. The topological polar surface area (TPSA) is 48.9 Å². The molecule has 0 spiro atoms. The second-order valence-corrected chi connectivity index (χ2v) is 6.58. The first-order chi connectivity index (χ1) is 11.5. The molecular formula is C16H30F3IN4O. The van der Waals surface area contributed by atoms with Crippen molar-refractivity contribution in [2.45, 2.75) is 56.8 Å². The van der Waals surface area contributed by atoms with E-state index in [0.717, 1.165) is 25.6 Å². The predicted octanol–water partition coefficient (Wildman–Crippen LogP) is 2.76. The molecule has 2 fully saturated rings. The van der Waals surface area contributed by atoms with Gasteiger partial charge in [-0.1, -0.05) is 12.8 Å². The molecule has 1 heterocycles. The molecular weight excluding hydrogens is 448 g/mol. The zero-order valence-electron chi connectivity index (χ0n) is 14.8. The van der Waals surface area contributed by atoms with Gasteiger partial charge >= 0.3 is 6.18 Å². The lowest BCUT2D eigenvalue weighted by Crippen LogP contribution is -2.45. The minimum absolute atomic E-state index is 0. The molecule has 2 aliphatic rings. The van der Waals surface area contributed by atoms with Crippen molar-refractivity contribution in [3.05, 3.63) is 0 Å². The summed E-state index contributed by atoms with van der Waals surface area (Å²) in [5.41, 5.74) is 0. The molecule has 2 N–H and O–H groups in total. The maximum absolute atomic E-state index is 11.9. The summed E-state index contributed by atoms with van der Waals surface area (Å²) in [6.07, 6.45) is 2.69. The predicted molar refractivity (Wildman–Crippen MR) is 104 cm³/mol. The van der Waals surface area contributed by atoms with Crippen LogP contribution in [-0.4, -0.2) is 69.0 Å². The molecule has 1 aliphatic heterocycles. The van der Waals surface area contributed by atoms with Crippen LogP contribution in [0.3, 0.4) is 0 Å². The Bertz CT molecular complexity index is 403. The Kier molecular flexibility index (Phi) is 10.4. The van der Waals surface area contributed by atoms with Crippen LogP contribution in [0.4, 0.5) is 13.2 Å². The second kappa shape index (κ2) is 11.4. The van der Waals surface area contributed by atoms with E-state index in [1.807, 2.05) is 0 Å². The number of nitrogens with zero attached hydrogens (tertiary/aromatic N) is 2. The third kappa shape index (κ3) is 8.76. The third-order valence-electron chi connectivity index (χ3n) is 4.65. The molecule has 5 nitrogen and oxygen atoms in total. The molecule has 2 rings (SSSR count). The third-order valence-corrected chi connectivity index (χ3v) is 4.65. The van der Waals surface area contributed by atoms with Crippen molar-refractivity contribution in [1.82, 2.24) is 15.5 Å². The van der Waals surface area contributed by atoms with E-state index < -0.39 is 12.8 Å². The van der Waals surface area contributed by atoms with Crippen LogP contribution in [0.15, 0.2) is 4.99 Å². The zero-order valence-corrected chi connectivity index (χ0v) is 17.1. The van der Waals surface area contributed by atoms with Crippen LogP contribution in [0, 0.1) is 0 Å². The van der Waals surface area contributed by atoms with Crippen LogP contribution in [0.25, 0.3) is 0 Å². The molecule has 1 saturated carbocycles. The molecule has 0 aromatic heterocycles. The van der Waals surface area contributed by atoms with Crippen LogP contribution < -0.4 is 10.6 Å². The van der Waals surface area contributed by atoms with Gasteiger partial charge in [-0.15, -0.1) is 24.0 Å². The molecule has 0 radical (unpaired) electrons. The Morgan fingerprint density at radius 2 is 1.96 bits per heavy atom. The van der Waals surface area contributed by atoms with E-state index in [9.17, 15) is 13.2 Å². The summed E-state index contributed by atoms with van der Waals surface area (Å²) in [7, 11) is 1.71. The van der Waals surface area contributed by atoms with Crippen molar-refractivity contribution in [2.75, 3.05) is 39.9 Å². The normalized spacial score (nSPS) is 22.9. The monoisotopic (exact) mass is 478 g/mol. The SMILES string of the molecule is CN=C(NCCCOCC(F)(F)F)NC1CCN(C2CCCC2)C1.I. The first-order valence-electron chi connectivity index (χ1n) is 8.83. The molecule has 25 heavy (non-hydrogen) atoms. The lowest BCUT2D eigenvalue weighted by molar-refractivity contribution is -0.173. The van der Waals surface area contributed by atoms with Crippen LogP contribution in [0.2, 0.25) is 0 Å². The molecule has 1 saturated heterocycles. The highest BCUT2D eigenvalue weighted by Crippen LogP contribution is 2.26. The van der Waals surface area contributed by atoms with E-state index in [4.69, 9.17) is 0 Å². The molecule has 1 aliphatic carbocycles. The van der Waals surface area contributed by atoms with Gasteiger partial charge in [0, 0.05) is 45.4 Å². The molecule has 0 aromatic carbocycles. The lowest BCUT2D eigenvalue weighted by atomic mass is 10.2. The highest BCUT2D eigenvalue weighted by molar-refractivity contribution is 14.0. The summed E-state index contributed by atoms with van der Waals surface area (Å²) in [6.45, 7) is 1.61. The number of rotatable bonds is 7. The summed E-state index contributed by atoms with van der Waals surface area (Å²) in [5, 5.41) is 6.55. The quantitative estimate of drug-likeness (QED) is 0.256. The fourth-order valence-corrected chi connectivity index (χ4v) is 3.46. The van der Waals surface area contributed by atoms with Crippen molar-refractivity contribution in [3.8, 4) is 0 Å². The zero-order chi connectivity index (χ0) is 17.4. The summed E-state index contributed by atoms with van der Waals surface area (Å²) in [5.74, 6) is 0.712. The van der Waals surface area contributed by atoms with Gasteiger partial charge in [-0.2, -0.15) is 13.2 Å². The van der Waals surface area contributed by atoms with Gasteiger partial charge in [0.1, 0.15) is 6.61 Å². The van der Waals surface area contributed by atoms with E-state index in [1.165, 1.54) is 25.7 Å². The number of aliphatic imine (C=N–C) groups is 1. The minimum Gasteiger partial charge on any atom is -0.372 e. The summed E-state index contributed by atoms with van der Waals surface area (Å²) in [6, 6.07) is 1.14. The molecule has 1 unspecified atom stereocenters. The second-order valence-electron chi connectivity index (χ2n) is 6.58. The first-order valence-corrected chi connectivity index (χ1v) is 8.83. The number of hydrogen-bond donors (Lipinski definition) is 2. The van der Waals surface area contributed by atoms with Gasteiger partial charge in [-0.3, -0.25) is 9.89 Å². The van der Waals surface area contributed by atoms with Gasteiger partial charge in [0.25, 0.3) is 0 Å². The molecule has 148 valence electrons. The molecule has 0 aromatic rings. The Labute approximate surface area is 165 Å². The fourth-order valence-electron chi connectivity index (χ4n) is 3.46. The summed E-state index contributed by atoms with van der Waals surface area (Å²) < 4.78 is 40.4. The highest BCUT2D eigenvalue weighted by Gasteiger charge is 2.30. The molecule has 9 heteroatoms. The van der Waals surface area contributed by atoms with Crippen LogP contribution in [0.5, 0.6) is 0 Å². The average molecular weight is 478 g/mol. The van der Waals surface area contributed by atoms with E-state index in [0.29, 0.717) is 25.0 Å². The average Bonchev–Trinajstić information content (AvgIpc) is 3.19. The maximum Gasteiger partial charge on any atom is 0.411 e. The van der Waals surface area contributed by atoms with Crippen LogP contribution >= 0.6 is 24.0 Å². The van der Waals surface area contributed by atoms with Gasteiger partial charge in [-0.25, -0.2) is 0 Å². The number of guanidine groups is 1. The molecule has 0 bridgehead atoms. The standard InChI is InChI=1S/C16H29F3N4O.HI/c1-20-15(21-8-4-10-24-12-16(17,18)19)22-13-7-9-23(11-13)14-5-2-3-6-14;/h13-14H,2-12H2,1H3,(H2,20,21,22);1H. The minimum atomic E-state index is -4.25. The summed E-state index contributed by atoms with van der Waals surface area (Å²) in [4.78, 5) is 6.76. The van der Waals surface area contributed by atoms with Crippen molar-refractivity contribution in [3.63, 3.8) is 0 Å². The number of likely N-dealkylation sites (tertiary alicyclic amines) is 1. The van der Waals surface area contributed by atoms with Gasteiger partial charge in [0.15, 0.2) is 5.96 Å². The Morgan fingerprint density at radius 3 is 2.60 bits per heavy atom.